The number of aromatic nitrogens is 1. The minimum Gasteiger partial charge on any atom is -0.272 e. The molecule has 16 heavy (non-hydrogen) atoms. The molecule has 1 aliphatic heterocycles. The molecule has 4 nitrogen and oxygen atoms in total. The zero-order chi connectivity index (χ0) is 11.8. The number of hydroxylamine groups is 2. The first-order valence-corrected chi connectivity index (χ1v) is 5.43. The van der Waals surface area contributed by atoms with Crippen molar-refractivity contribution in [2.45, 2.75) is 20.4 Å². The fourth-order valence-electron chi connectivity index (χ4n) is 1.51. The third-order valence-electron chi connectivity index (χ3n) is 2.54. The van der Waals surface area contributed by atoms with Gasteiger partial charge in [-0.1, -0.05) is 17.7 Å². The molecular formula is C11H13ClN2O2. The van der Waals surface area contributed by atoms with Gasteiger partial charge in [0.05, 0.1) is 18.6 Å². The Morgan fingerprint density at radius 3 is 2.94 bits per heavy atom. The predicted octanol–water partition coefficient (Wildman–Crippen LogP) is 2.04. The summed E-state index contributed by atoms with van der Waals surface area (Å²) in [4.78, 5) is 21.2. The molecule has 1 fully saturated rings. The number of nitrogens with zero attached hydrogens (tertiary/aromatic N) is 2. The van der Waals surface area contributed by atoms with Crippen LogP contribution in [0.15, 0.2) is 18.3 Å². The molecule has 1 aliphatic rings. The molecule has 0 N–H and O–H groups in total. The van der Waals surface area contributed by atoms with E-state index in [0.29, 0.717) is 18.3 Å². The first-order valence-electron chi connectivity index (χ1n) is 5.05. The van der Waals surface area contributed by atoms with Crippen LogP contribution in [0.4, 0.5) is 0 Å². The topological polar surface area (TPSA) is 42.4 Å². The number of amides is 1. The third kappa shape index (κ3) is 2.03. The minimum absolute atomic E-state index is 0.0209. The molecule has 0 atom stereocenters. The standard InChI is InChI=1S/C11H13ClN2O2/c1-11(2)7-16-14(10(11)15)6-8-4-3-5-13-9(8)12/h3-5H,6-7H2,1-2H3. The van der Waals surface area contributed by atoms with E-state index in [1.165, 1.54) is 5.06 Å². The molecule has 1 saturated heterocycles. The van der Waals surface area contributed by atoms with E-state index in [9.17, 15) is 4.79 Å². The molecule has 1 aromatic heterocycles. The van der Waals surface area contributed by atoms with Crippen molar-refractivity contribution >= 4 is 17.5 Å². The summed E-state index contributed by atoms with van der Waals surface area (Å²) >= 11 is 5.92. The van der Waals surface area contributed by atoms with Crippen LogP contribution in [0.2, 0.25) is 5.15 Å². The second kappa shape index (κ2) is 4.03. The molecule has 0 saturated carbocycles. The lowest BCUT2D eigenvalue weighted by Gasteiger charge is -2.16. The van der Waals surface area contributed by atoms with Gasteiger partial charge in [0.25, 0.3) is 5.91 Å². The van der Waals surface area contributed by atoms with Gasteiger partial charge >= 0.3 is 0 Å². The van der Waals surface area contributed by atoms with Crippen molar-refractivity contribution in [3.8, 4) is 0 Å². The predicted molar refractivity (Wildman–Crippen MR) is 59.5 cm³/mol. The normalized spacial score (nSPS) is 19.2. The van der Waals surface area contributed by atoms with Gasteiger partial charge in [-0.3, -0.25) is 9.63 Å². The minimum atomic E-state index is -0.450. The van der Waals surface area contributed by atoms with Gasteiger partial charge in [-0.15, -0.1) is 0 Å². The van der Waals surface area contributed by atoms with Gasteiger partial charge in [0.1, 0.15) is 5.15 Å². The van der Waals surface area contributed by atoms with Crippen LogP contribution in [0.25, 0.3) is 0 Å². The SMILES string of the molecule is CC1(C)CON(Cc2cccnc2Cl)C1=O. The fourth-order valence-corrected chi connectivity index (χ4v) is 1.69. The van der Waals surface area contributed by atoms with E-state index in [4.69, 9.17) is 16.4 Å². The summed E-state index contributed by atoms with van der Waals surface area (Å²) in [5.74, 6) is -0.0209. The summed E-state index contributed by atoms with van der Waals surface area (Å²) < 4.78 is 0. The van der Waals surface area contributed by atoms with Crippen LogP contribution in [0, 0.1) is 5.41 Å². The number of halogens is 1. The Morgan fingerprint density at radius 1 is 1.62 bits per heavy atom. The van der Waals surface area contributed by atoms with Gasteiger partial charge in [0.15, 0.2) is 0 Å². The molecule has 0 aliphatic carbocycles. The number of rotatable bonds is 2. The van der Waals surface area contributed by atoms with Crippen molar-refractivity contribution in [2.75, 3.05) is 6.61 Å². The number of hydrogen-bond donors (Lipinski definition) is 0. The second-order valence-corrected chi connectivity index (χ2v) is 4.81. The van der Waals surface area contributed by atoms with Gasteiger partial charge in [0.2, 0.25) is 0 Å². The maximum Gasteiger partial charge on any atom is 0.254 e. The Kier molecular flexibility index (Phi) is 2.86. The molecule has 0 spiro atoms. The Hall–Kier alpha value is -1.13. The van der Waals surface area contributed by atoms with E-state index < -0.39 is 5.41 Å². The summed E-state index contributed by atoms with van der Waals surface area (Å²) in [6, 6.07) is 3.62. The highest BCUT2D eigenvalue weighted by molar-refractivity contribution is 6.30. The van der Waals surface area contributed by atoms with Crippen molar-refractivity contribution in [2.24, 2.45) is 5.41 Å². The van der Waals surface area contributed by atoms with Crippen LogP contribution in [-0.2, 0) is 16.2 Å². The molecule has 2 rings (SSSR count). The molecule has 0 bridgehead atoms. The van der Waals surface area contributed by atoms with Gasteiger partial charge in [-0.2, -0.15) is 0 Å². The highest BCUT2D eigenvalue weighted by Gasteiger charge is 2.40. The van der Waals surface area contributed by atoms with Gasteiger partial charge < -0.3 is 0 Å². The van der Waals surface area contributed by atoms with Gasteiger partial charge in [0, 0.05) is 11.8 Å². The van der Waals surface area contributed by atoms with Crippen molar-refractivity contribution in [1.82, 2.24) is 10.0 Å². The Bertz CT molecular complexity index is 420. The molecule has 1 aromatic rings. The molecule has 2 heterocycles. The van der Waals surface area contributed by atoms with Crippen LogP contribution in [-0.4, -0.2) is 22.6 Å². The Morgan fingerprint density at radius 2 is 2.38 bits per heavy atom. The lowest BCUT2D eigenvalue weighted by atomic mass is 9.95. The smallest absolute Gasteiger partial charge is 0.254 e. The number of pyridine rings is 1. The maximum atomic E-state index is 11.9. The Balaban J connectivity index is 2.13. The molecule has 0 aromatic carbocycles. The zero-order valence-corrected chi connectivity index (χ0v) is 9.99. The number of hydrogen-bond acceptors (Lipinski definition) is 3. The van der Waals surface area contributed by atoms with Crippen LogP contribution in [0.5, 0.6) is 0 Å². The summed E-state index contributed by atoms with van der Waals surface area (Å²) in [5, 5.41) is 1.76. The molecular weight excluding hydrogens is 228 g/mol. The maximum absolute atomic E-state index is 11.9. The average molecular weight is 241 g/mol. The number of carbonyl (C=O) groups excluding carboxylic acids is 1. The van der Waals surface area contributed by atoms with Gasteiger partial charge in [-0.05, 0) is 19.9 Å². The number of carbonyl (C=O) groups is 1. The van der Waals surface area contributed by atoms with Gasteiger partial charge in [-0.25, -0.2) is 10.0 Å². The molecule has 5 heteroatoms. The quantitative estimate of drug-likeness (QED) is 0.743. The lowest BCUT2D eigenvalue weighted by molar-refractivity contribution is -0.165. The van der Waals surface area contributed by atoms with Crippen LogP contribution in [0.1, 0.15) is 19.4 Å². The Labute approximate surface area is 99.1 Å². The van der Waals surface area contributed by atoms with Crippen molar-refractivity contribution in [3.63, 3.8) is 0 Å². The molecule has 0 radical (unpaired) electrons. The monoisotopic (exact) mass is 240 g/mol. The van der Waals surface area contributed by atoms with E-state index in [1.807, 2.05) is 19.9 Å². The van der Waals surface area contributed by atoms with E-state index in [-0.39, 0.29) is 5.91 Å². The lowest BCUT2D eigenvalue weighted by Crippen LogP contribution is -2.30. The summed E-state index contributed by atoms with van der Waals surface area (Å²) in [6.07, 6.45) is 1.61. The highest BCUT2D eigenvalue weighted by Crippen LogP contribution is 2.28. The summed E-state index contributed by atoms with van der Waals surface area (Å²) in [7, 11) is 0. The fraction of sp³-hybridized carbons (Fsp3) is 0.455. The third-order valence-corrected chi connectivity index (χ3v) is 2.88. The highest BCUT2D eigenvalue weighted by atomic mass is 35.5. The van der Waals surface area contributed by atoms with Crippen molar-refractivity contribution in [3.05, 3.63) is 29.0 Å². The van der Waals surface area contributed by atoms with Crippen molar-refractivity contribution < 1.29 is 9.63 Å². The second-order valence-electron chi connectivity index (χ2n) is 4.45. The summed E-state index contributed by atoms with van der Waals surface area (Å²) in [6.45, 7) is 4.47. The van der Waals surface area contributed by atoms with Crippen LogP contribution >= 0.6 is 11.6 Å². The van der Waals surface area contributed by atoms with Crippen molar-refractivity contribution in [1.29, 1.82) is 0 Å². The van der Waals surface area contributed by atoms with Crippen LogP contribution in [0.3, 0.4) is 0 Å². The van der Waals surface area contributed by atoms with E-state index in [2.05, 4.69) is 4.98 Å². The largest absolute Gasteiger partial charge is 0.272 e. The summed E-state index contributed by atoms with van der Waals surface area (Å²) in [5.41, 5.74) is 0.338. The first-order chi connectivity index (χ1) is 7.50. The first kappa shape index (κ1) is 11.4. The van der Waals surface area contributed by atoms with Crippen LogP contribution < -0.4 is 0 Å². The molecule has 0 unspecified atom stereocenters. The van der Waals surface area contributed by atoms with E-state index in [1.54, 1.807) is 12.3 Å². The van der Waals surface area contributed by atoms with E-state index in [0.717, 1.165) is 5.56 Å². The molecule has 1 amide bonds. The van der Waals surface area contributed by atoms with E-state index >= 15 is 0 Å². The molecule has 86 valence electrons. The average Bonchev–Trinajstić information content (AvgIpc) is 2.49. The zero-order valence-electron chi connectivity index (χ0n) is 9.24.